The average molecular weight is 438 g/mol. The van der Waals surface area contributed by atoms with Crippen molar-refractivity contribution in [1.82, 2.24) is 9.29 Å². The molecule has 1 aromatic heterocycles. The van der Waals surface area contributed by atoms with Gasteiger partial charge in [-0.1, -0.05) is 48.0 Å². The van der Waals surface area contributed by atoms with Gasteiger partial charge in [0.1, 0.15) is 0 Å². The number of fused-ring (bicyclic) bond motifs is 2. The average Bonchev–Trinajstić information content (AvgIpc) is 2.78. The number of sulfonamides is 1. The van der Waals surface area contributed by atoms with Crippen molar-refractivity contribution in [1.29, 1.82) is 0 Å². The number of hydrogen-bond donors (Lipinski definition) is 0. The van der Waals surface area contributed by atoms with Crippen molar-refractivity contribution in [3.63, 3.8) is 0 Å². The molecule has 4 aromatic rings. The molecular weight excluding hydrogens is 418 g/mol. The molecule has 0 bridgehead atoms. The van der Waals surface area contributed by atoms with Crippen LogP contribution in [0.1, 0.15) is 0 Å². The fourth-order valence-corrected chi connectivity index (χ4v) is 5.91. The lowest BCUT2D eigenvalue weighted by atomic mass is 10.1. The molecule has 0 aliphatic carbocycles. The van der Waals surface area contributed by atoms with Gasteiger partial charge in [0, 0.05) is 53.9 Å². The van der Waals surface area contributed by atoms with E-state index in [9.17, 15) is 8.42 Å². The minimum absolute atomic E-state index is 0.373. The second kappa shape index (κ2) is 7.54. The highest BCUT2D eigenvalue weighted by atomic mass is 35.5. The zero-order chi connectivity index (χ0) is 20.7. The zero-order valence-corrected chi connectivity index (χ0v) is 17.8. The van der Waals surface area contributed by atoms with Crippen LogP contribution in [0, 0.1) is 0 Å². The Morgan fingerprint density at radius 1 is 0.833 bits per heavy atom. The highest BCUT2D eigenvalue weighted by Crippen LogP contribution is 2.30. The minimum Gasteiger partial charge on any atom is -0.368 e. The second-order valence-electron chi connectivity index (χ2n) is 7.36. The van der Waals surface area contributed by atoms with E-state index in [1.807, 2.05) is 54.6 Å². The first kappa shape index (κ1) is 19.3. The van der Waals surface area contributed by atoms with Crippen LogP contribution in [-0.4, -0.2) is 43.9 Å². The molecule has 3 aromatic carbocycles. The molecule has 0 N–H and O–H groups in total. The Bertz CT molecular complexity index is 1340. The van der Waals surface area contributed by atoms with E-state index >= 15 is 0 Å². The topological polar surface area (TPSA) is 53.5 Å². The number of nitrogens with zero attached hydrogens (tertiary/aromatic N) is 3. The molecule has 2 heterocycles. The number of aromatic nitrogens is 1. The SMILES string of the molecule is O=S(=O)(c1cccc2ccccc12)N1CCN(c2ccnc3cc(Cl)ccc23)CC1. The van der Waals surface area contributed by atoms with E-state index in [1.165, 1.54) is 0 Å². The Balaban J connectivity index is 1.42. The predicted molar refractivity (Wildman–Crippen MR) is 122 cm³/mol. The first-order chi connectivity index (χ1) is 14.5. The summed E-state index contributed by atoms with van der Waals surface area (Å²) in [5.41, 5.74) is 1.89. The number of rotatable bonds is 3. The molecule has 0 atom stereocenters. The van der Waals surface area contributed by atoms with E-state index in [4.69, 9.17) is 11.6 Å². The third-order valence-electron chi connectivity index (χ3n) is 5.63. The first-order valence-corrected chi connectivity index (χ1v) is 11.6. The van der Waals surface area contributed by atoms with E-state index in [-0.39, 0.29) is 0 Å². The Morgan fingerprint density at radius 3 is 2.43 bits per heavy atom. The molecule has 1 fully saturated rings. The molecule has 152 valence electrons. The van der Waals surface area contributed by atoms with E-state index in [0.29, 0.717) is 36.1 Å². The Kier molecular flexibility index (Phi) is 4.85. The molecule has 30 heavy (non-hydrogen) atoms. The summed E-state index contributed by atoms with van der Waals surface area (Å²) in [5, 5.41) is 3.36. The molecule has 5 nitrogen and oxygen atoms in total. The number of halogens is 1. The summed E-state index contributed by atoms with van der Waals surface area (Å²) in [6.45, 7) is 2.10. The van der Waals surface area contributed by atoms with Crippen LogP contribution < -0.4 is 4.90 Å². The van der Waals surface area contributed by atoms with Gasteiger partial charge in [-0.05, 0) is 35.7 Å². The van der Waals surface area contributed by atoms with Gasteiger partial charge in [-0.3, -0.25) is 4.98 Å². The highest BCUT2D eigenvalue weighted by Gasteiger charge is 2.30. The molecule has 0 unspecified atom stereocenters. The van der Waals surface area contributed by atoms with Gasteiger partial charge in [0.05, 0.1) is 10.4 Å². The molecule has 0 radical (unpaired) electrons. The Hall–Kier alpha value is -2.67. The van der Waals surface area contributed by atoms with Crippen molar-refractivity contribution in [2.75, 3.05) is 31.1 Å². The lowest BCUT2D eigenvalue weighted by molar-refractivity contribution is 0.385. The van der Waals surface area contributed by atoms with Crippen molar-refractivity contribution in [2.24, 2.45) is 0 Å². The minimum atomic E-state index is -3.57. The van der Waals surface area contributed by atoms with E-state index < -0.39 is 10.0 Å². The van der Waals surface area contributed by atoms with Gasteiger partial charge in [0.15, 0.2) is 0 Å². The maximum atomic E-state index is 13.4. The molecule has 5 rings (SSSR count). The fourth-order valence-electron chi connectivity index (χ4n) is 4.11. The first-order valence-electron chi connectivity index (χ1n) is 9.81. The molecule has 0 saturated carbocycles. The summed E-state index contributed by atoms with van der Waals surface area (Å²) in [7, 11) is -3.57. The van der Waals surface area contributed by atoms with Gasteiger partial charge in [-0.25, -0.2) is 8.42 Å². The number of anilines is 1. The third-order valence-corrected chi connectivity index (χ3v) is 7.82. The van der Waals surface area contributed by atoms with Crippen LogP contribution >= 0.6 is 11.6 Å². The van der Waals surface area contributed by atoms with Crippen LogP contribution in [0.3, 0.4) is 0 Å². The van der Waals surface area contributed by atoms with Crippen LogP contribution in [0.15, 0.2) is 77.8 Å². The molecule has 0 amide bonds. The summed E-state index contributed by atoms with van der Waals surface area (Å²) in [5.74, 6) is 0. The lowest BCUT2D eigenvalue weighted by Crippen LogP contribution is -2.48. The van der Waals surface area contributed by atoms with Gasteiger partial charge in [0.25, 0.3) is 0 Å². The quantitative estimate of drug-likeness (QED) is 0.471. The van der Waals surface area contributed by atoms with Gasteiger partial charge < -0.3 is 4.90 Å². The second-order valence-corrected chi connectivity index (χ2v) is 9.70. The number of pyridine rings is 1. The van der Waals surface area contributed by atoms with E-state index in [2.05, 4.69) is 9.88 Å². The molecule has 7 heteroatoms. The van der Waals surface area contributed by atoms with Crippen molar-refractivity contribution in [3.05, 3.63) is 77.9 Å². The maximum Gasteiger partial charge on any atom is 0.243 e. The van der Waals surface area contributed by atoms with Crippen molar-refractivity contribution >= 4 is 49.0 Å². The van der Waals surface area contributed by atoms with Gasteiger partial charge in [-0.15, -0.1) is 0 Å². The summed E-state index contributed by atoms with van der Waals surface area (Å²) in [4.78, 5) is 6.99. The number of benzene rings is 3. The van der Waals surface area contributed by atoms with Crippen LogP contribution in [0.4, 0.5) is 5.69 Å². The standard InChI is InChI=1S/C23H20ClN3O2S/c24-18-8-9-20-21(16-18)25-11-10-22(20)26-12-14-27(15-13-26)30(28,29)23-7-3-5-17-4-1-2-6-19(17)23/h1-11,16H,12-15H2. The van der Waals surface area contributed by atoms with Crippen molar-refractivity contribution in [3.8, 4) is 0 Å². The monoisotopic (exact) mass is 437 g/mol. The van der Waals surface area contributed by atoms with Crippen LogP contribution in [-0.2, 0) is 10.0 Å². The number of piperazine rings is 1. The normalized spacial score (nSPS) is 15.7. The molecule has 1 aliphatic rings. The molecule has 1 aliphatic heterocycles. The van der Waals surface area contributed by atoms with Crippen molar-refractivity contribution in [2.45, 2.75) is 4.90 Å². The van der Waals surface area contributed by atoms with Crippen LogP contribution in [0.2, 0.25) is 5.02 Å². The zero-order valence-electron chi connectivity index (χ0n) is 16.2. The molecule has 1 saturated heterocycles. The fraction of sp³-hybridized carbons (Fsp3) is 0.174. The van der Waals surface area contributed by atoms with E-state index in [1.54, 1.807) is 22.6 Å². The van der Waals surface area contributed by atoms with Gasteiger partial charge in [0.2, 0.25) is 10.0 Å². The van der Waals surface area contributed by atoms with Crippen molar-refractivity contribution < 1.29 is 8.42 Å². The maximum absolute atomic E-state index is 13.4. The van der Waals surface area contributed by atoms with Crippen LogP contribution in [0.5, 0.6) is 0 Å². The summed E-state index contributed by atoms with van der Waals surface area (Å²) in [6.07, 6.45) is 1.77. The third kappa shape index (κ3) is 3.31. The lowest BCUT2D eigenvalue weighted by Gasteiger charge is -2.36. The molecule has 0 spiro atoms. The largest absolute Gasteiger partial charge is 0.368 e. The molecular formula is C23H20ClN3O2S. The van der Waals surface area contributed by atoms with E-state index in [0.717, 1.165) is 27.4 Å². The van der Waals surface area contributed by atoms with Gasteiger partial charge in [-0.2, -0.15) is 4.31 Å². The predicted octanol–water partition coefficient (Wildman–Crippen LogP) is 4.55. The summed E-state index contributed by atoms with van der Waals surface area (Å²) >= 11 is 6.10. The van der Waals surface area contributed by atoms with Gasteiger partial charge >= 0.3 is 0 Å². The number of hydrogen-bond acceptors (Lipinski definition) is 4. The summed E-state index contributed by atoms with van der Waals surface area (Å²) < 4.78 is 28.3. The highest BCUT2D eigenvalue weighted by molar-refractivity contribution is 7.89. The Morgan fingerprint density at radius 2 is 1.60 bits per heavy atom. The summed E-state index contributed by atoms with van der Waals surface area (Å²) in [6, 6.07) is 20.7. The smallest absolute Gasteiger partial charge is 0.243 e. The Labute approximate surface area is 180 Å². The van der Waals surface area contributed by atoms with Crippen LogP contribution in [0.25, 0.3) is 21.7 Å².